The van der Waals surface area contributed by atoms with Gasteiger partial charge in [-0.25, -0.2) is 4.98 Å². The van der Waals surface area contributed by atoms with Gasteiger partial charge in [0.05, 0.1) is 23.7 Å². The SMILES string of the molecule is COC(=O)[C@@]1(Cc2cscn2)C[C@H]2CC[C@@H]1N2C(=O)CCCn1cccn1. The normalized spacial score (nSPS) is 26.5. The number of rotatable bonds is 7. The average molecular weight is 388 g/mol. The number of nitrogens with zero attached hydrogens (tertiary/aromatic N) is 4. The molecule has 27 heavy (non-hydrogen) atoms. The topological polar surface area (TPSA) is 77.3 Å². The van der Waals surface area contributed by atoms with E-state index >= 15 is 0 Å². The summed E-state index contributed by atoms with van der Waals surface area (Å²) in [7, 11) is 1.44. The van der Waals surface area contributed by atoms with Gasteiger partial charge in [-0.2, -0.15) is 5.10 Å². The summed E-state index contributed by atoms with van der Waals surface area (Å²) in [4.78, 5) is 32.1. The fraction of sp³-hybridized carbons (Fsp3) is 0.579. The summed E-state index contributed by atoms with van der Waals surface area (Å²) in [5.74, 6) is -0.0734. The Bertz CT molecular complexity index is 792. The van der Waals surface area contributed by atoms with Crippen LogP contribution in [0.2, 0.25) is 0 Å². The molecule has 2 bridgehead atoms. The van der Waals surface area contributed by atoms with E-state index < -0.39 is 5.41 Å². The average Bonchev–Trinajstić information content (AvgIpc) is 3.45. The number of amides is 1. The van der Waals surface area contributed by atoms with Crippen LogP contribution in [0.4, 0.5) is 0 Å². The van der Waals surface area contributed by atoms with Gasteiger partial charge in [-0.3, -0.25) is 14.3 Å². The predicted octanol–water partition coefficient (Wildman–Crippen LogP) is 2.29. The number of esters is 1. The number of aromatic nitrogens is 3. The van der Waals surface area contributed by atoms with Crippen molar-refractivity contribution in [3.05, 3.63) is 35.0 Å². The first kappa shape index (κ1) is 18.2. The molecule has 0 unspecified atom stereocenters. The summed E-state index contributed by atoms with van der Waals surface area (Å²) >= 11 is 1.53. The maximum Gasteiger partial charge on any atom is 0.314 e. The third-order valence-corrected chi connectivity index (χ3v) is 6.57. The minimum atomic E-state index is -0.663. The smallest absolute Gasteiger partial charge is 0.314 e. The van der Waals surface area contributed by atoms with Crippen molar-refractivity contribution in [2.45, 2.75) is 57.2 Å². The molecular weight excluding hydrogens is 364 g/mol. The lowest BCUT2D eigenvalue weighted by atomic mass is 9.71. The molecule has 0 saturated carbocycles. The molecule has 3 atom stereocenters. The maximum absolute atomic E-state index is 13.0. The number of carbonyl (C=O) groups excluding carboxylic acids is 2. The summed E-state index contributed by atoms with van der Waals surface area (Å²) in [5.41, 5.74) is 2.03. The van der Waals surface area contributed by atoms with Crippen LogP contribution >= 0.6 is 11.3 Å². The lowest BCUT2D eigenvalue weighted by Gasteiger charge is -2.34. The monoisotopic (exact) mass is 388 g/mol. The van der Waals surface area contributed by atoms with Gasteiger partial charge in [-0.05, 0) is 31.7 Å². The van der Waals surface area contributed by atoms with Gasteiger partial charge in [0.25, 0.3) is 0 Å². The molecule has 4 rings (SSSR count). The van der Waals surface area contributed by atoms with Crippen LogP contribution in [0.25, 0.3) is 0 Å². The minimum absolute atomic E-state index is 0.0890. The van der Waals surface area contributed by atoms with Gasteiger partial charge in [-0.15, -0.1) is 11.3 Å². The Hall–Kier alpha value is -2.22. The highest BCUT2D eigenvalue weighted by molar-refractivity contribution is 7.07. The van der Waals surface area contributed by atoms with Gasteiger partial charge < -0.3 is 9.64 Å². The van der Waals surface area contributed by atoms with E-state index in [4.69, 9.17) is 4.74 Å². The maximum atomic E-state index is 13.0. The van der Waals surface area contributed by atoms with Crippen LogP contribution < -0.4 is 0 Å². The Morgan fingerprint density at radius 1 is 1.41 bits per heavy atom. The minimum Gasteiger partial charge on any atom is -0.469 e. The van der Waals surface area contributed by atoms with Crippen molar-refractivity contribution in [2.24, 2.45) is 5.41 Å². The number of thiazole rings is 1. The van der Waals surface area contributed by atoms with Gasteiger partial charge in [-0.1, -0.05) is 0 Å². The quantitative estimate of drug-likeness (QED) is 0.680. The zero-order valence-electron chi connectivity index (χ0n) is 15.4. The van der Waals surface area contributed by atoms with E-state index in [9.17, 15) is 9.59 Å². The number of hydrogen-bond donors (Lipinski definition) is 0. The molecule has 2 saturated heterocycles. The Kier molecular flexibility index (Phi) is 4.99. The number of fused-ring (bicyclic) bond motifs is 2. The molecule has 4 heterocycles. The number of ether oxygens (including phenoxy) is 1. The van der Waals surface area contributed by atoms with Crippen LogP contribution in [0, 0.1) is 5.41 Å². The van der Waals surface area contributed by atoms with Crippen molar-refractivity contribution in [3.8, 4) is 0 Å². The molecule has 0 aliphatic carbocycles. The van der Waals surface area contributed by atoms with Gasteiger partial charge in [0.2, 0.25) is 5.91 Å². The van der Waals surface area contributed by atoms with Crippen molar-refractivity contribution < 1.29 is 14.3 Å². The van der Waals surface area contributed by atoms with E-state index in [-0.39, 0.29) is 24.0 Å². The molecular formula is C19H24N4O3S. The summed E-state index contributed by atoms with van der Waals surface area (Å²) in [6.45, 7) is 0.725. The van der Waals surface area contributed by atoms with Crippen LogP contribution in [0.5, 0.6) is 0 Å². The highest BCUT2D eigenvalue weighted by Crippen LogP contribution is 2.52. The second-order valence-corrected chi connectivity index (χ2v) is 8.15. The van der Waals surface area contributed by atoms with Crippen LogP contribution in [0.3, 0.4) is 0 Å². The molecule has 8 heteroatoms. The highest BCUT2D eigenvalue weighted by atomic mass is 32.1. The molecule has 2 aromatic heterocycles. The van der Waals surface area contributed by atoms with Crippen molar-refractivity contribution in [1.82, 2.24) is 19.7 Å². The lowest BCUT2D eigenvalue weighted by Crippen LogP contribution is -2.47. The summed E-state index contributed by atoms with van der Waals surface area (Å²) in [6, 6.07) is 1.92. The molecule has 1 amide bonds. The molecule has 2 aliphatic rings. The van der Waals surface area contributed by atoms with E-state index in [1.54, 1.807) is 11.7 Å². The van der Waals surface area contributed by atoms with E-state index in [2.05, 4.69) is 10.1 Å². The zero-order valence-corrected chi connectivity index (χ0v) is 16.2. The summed E-state index contributed by atoms with van der Waals surface area (Å²) in [6.07, 6.45) is 7.90. The number of carbonyl (C=O) groups is 2. The van der Waals surface area contributed by atoms with Gasteiger partial charge in [0.15, 0.2) is 0 Å². The van der Waals surface area contributed by atoms with Crippen LogP contribution in [-0.2, 0) is 27.3 Å². The van der Waals surface area contributed by atoms with Gasteiger partial charge in [0, 0.05) is 49.2 Å². The van der Waals surface area contributed by atoms with Crippen LogP contribution in [-0.4, -0.2) is 50.7 Å². The fourth-order valence-corrected chi connectivity index (χ4v) is 5.41. The van der Waals surface area contributed by atoms with Crippen molar-refractivity contribution in [2.75, 3.05) is 7.11 Å². The molecule has 0 N–H and O–H groups in total. The Labute approximate surface area is 162 Å². The summed E-state index contributed by atoms with van der Waals surface area (Å²) in [5, 5.41) is 6.16. The van der Waals surface area contributed by atoms with E-state index in [0.717, 1.165) is 31.5 Å². The number of hydrogen-bond acceptors (Lipinski definition) is 6. The van der Waals surface area contributed by atoms with Crippen molar-refractivity contribution in [1.29, 1.82) is 0 Å². The molecule has 144 valence electrons. The van der Waals surface area contributed by atoms with Gasteiger partial charge in [0.1, 0.15) is 0 Å². The Balaban J connectivity index is 1.48. The lowest BCUT2D eigenvalue weighted by molar-refractivity contribution is -0.155. The fourth-order valence-electron chi connectivity index (χ4n) is 4.85. The Morgan fingerprint density at radius 3 is 3.00 bits per heavy atom. The second kappa shape index (κ2) is 7.42. The van der Waals surface area contributed by atoms with Crippen molar-refractivity contribution in [3.63, 3.8) is 0 Å². The molecule has 0 aromatic carbocycles. The third-order valence-electron chi connectivity index (χ3n) is 5.94. The van der Waals surface area contributed by atoms with Crippen LogP contribution in [0.1, 0.15) is 37.8 Å². The molecule has 2 aromatic rings. The first-order chi connectivity index (χ1) is 13.1. The largest absolute Gasteiger partial charge is 0.469 e. The highest BCUT2D eigenvalue weighted by Gasteiger charge is 2.61. The number of aryl methyl sites for hydroxylation is 1. The summed E-state index contributed by atoms with van der Waals surface area (Å²) < 4.78 is 7.02. The van der Waals surface area contributed by atoms with E-state index in [1.165, 1.54) is 18.4 Å². The molecule has 7 nitrogen and oxygen atoms in total. The Morgan fingerprint density at radius 2 is 2.30 bits per heavy atom. The van der Waals surface area contributed by atoms with Crippen LogP contribution in [0.15, 0.2) is 29.4 Å². The van der Waals surface area contributed by atoms with E-state index in [0.29, 0.717) is 19.3 Å². The number of methoxy groups -OCH3 is 1. The van der Waals surface area contributed by atoms with Gasteiger partial charge >= 0.3 is 5.97 Å². The van der Waals surface area contributed by atoms with Crippen molar-refractivity contribution >= 4 is 23.2 Å². The molecule has 2 fully saturated rings. The first-order valence-corrected chi connectivity index (χ1v) is 10.3. The molecule has 0 radical (unpaired) electrons. The first-order valence-electron chi connectivity index (χ1n) is 9.38. The second-order valence-electron chi connectivity index (χ2n) is 7.43. The zero-order chi connectivity index (χ0) is 18.9. The molecule has 0 spiro atoms. The molecule has 2 aliphatic heterocycles. The predicted molar refractivity (Wildman–Crippen MR) is 100 cm³/mol. The van der Waals surface area contributed by atoms with E-state index in [1.807, 2.05) is 27.2 Å². The standard InChI is InChI=1S/C19H24N4O3S/c1-26-18(25)19(10-14-12-27-13-20-14)11-15-5-6-16(19)23(15)17(24)4-2-8-22-9-3-7-21-22/h3,7,9,12-13,15-16H,2,4-6,8,10-11H2,1H3/t15-,16+,19+/m1/s1. The third kappa shape index (κ3) is 3.26.